The summed E-state index contributed by atoms with van der Waals surface area (Å²) < 4.78 is 4.81. The van der Waals surface area contributed by atoms with Crippen LogP contribution in [0.25, 0.3) is 66.1 Å². The molecule has 3 nitrogen and oxygen atoms in total. The van der Waals surface area contributed by atoms with Gasteiger partial charge in [-0.1, -0.05) is 176 Å². The molecule has 0 fully saturated rings. The molecule has 0 spiro atoms. The van der Waals surface area contributed by atoms with Gasteiger partial charge in [0.25, 0.3) is 0 Å². The van der Waals surface area contributed by atoms with Crippen molar-refractivity contribution in [3.05, 3.63) is 271 Å². The van der Waals surface area contributed by atoms with E-state index in [1.165, 1.54) is 77.0 Å². The van der Waals surface area contributed by atoms with E-state index in [1.54, 1.807) is 0 Å². The first kappa shape index (κ1) is 36.3. The van der Waals surface area contributed by atoms with Crippen LogP contribution >= 0.6 is 0 Å². The van der Waals surface area contributed by atoms with E-state index in [-0.39, 0.29) is 0 Å². The normalized spacial score (nSPS) is 12.8. The zero-order valence-corrected chi connectivity index (χ0v) is 35.0. The van der Waals surface area contributed by atoms with Gasteiger partial charge in [0, 0.05) is 50.0 Å². The number of aromatic nitrogens is 2. The number of anilines is 3. The average molecular weight is 816 g/mol. The quantitative estimate of drug-likeness (QED) is 0.156. The van der Waals surface area contributed by atoms with E-state index in [4.69, 9.17) is 0 Å². The van der Waals surface area contributed by atoms with Gasteiger partial charge in [0.2, 0.25) is 0 Å². The molecule has 0 atom stereocenters. The van der Waals surface area contributed by atoms with Crippen LogP contribution in [0.4, 0.5) is 17.1 Å². The summed E-state index contributed by atoms with van der Waals surface area (Å²) in [6.07, 6.45) is 0. The minimum absolute atomic E-state index is 0.481. The van der Waals surface area contributed by atoms with E-state index in [2.05, 4.69) is 263 Å². The van der Waals surface area contributed by atoms with Crippen LogP contribution in [-0.4, -0.2) is 9.13 Å². The third kappa shape index (κ3) is 5.28. The largest absolute Gasteiger partial charge is 0.310 e. The first-order valence-corrected chi connectivity index (χ1v) is 22.1. The highest BCUT2D eigenvalue weighted by Crippen LogP contribution is 2.56. The number of hydrogen-bond acceptors (Lipinski definition) is 1. The molecule has 2 heterocycles. The second-order valence-electron chi connectivity index (χ2n) is 16.9. The summed E-state index contributed by atoms with van der Waals surface area (Å²) in [5.74, 6) is 0. The zero-order valence-electron chi connectivity index (χ0n) is 35.0. The molecule has 0 N–H and O–H groups in total. The molecule has 0 amide bonds. The van der Waals surface area contributed by atoms with Gasteiger partial charge < -0.3 is 14.0 Å². The van der Waals surface area contributed by atoms with Crippen LogP contribution in [0, 0.1) is 0 Å². The fourth-order valence-corrected chi connectivity index (χ4v) is 11.0. The fourth-order valence-electron chi connectivity index (χ4n) is 11.0. The molecular formula is C61H41N3. The Hall–Kier alpha value is -8.40. The van der Waals surface area contributed by atoms with Crippen LogP contribution in [0.2, 0.25) is 0 Å². The first-order valence-electron chi connectivity index (χ1n) is 22.1. The Bertz CT molecular complexity index is 3430. The molecule has 300 valence electrons. The second kappa shape index (κ2) is 14.3. The Morgan fingerprint density at radius 1 is 0.281 bits per heavy atom. The maximum absolute atomic E-state index is 2.42. The molecule has 0 aliphatic heterocycles. The lowest BCUT2D eigenvalue weighted by atomic mass is 9.68. The number of rotatable bonds is 7. The standard InChI is InChI=1S/C61H41N3/c1-2-18-42(19-3-1)61(55-30-10-4-24-49(55)50-25-5-11-31-56(50)61)43-36-38-44(39-37-43)62(45-20-16-22-47(40-45)63-57-32-12-6-26-51(57)52-27-7-13-33-58(52)63)46-21-17-23-48(41-46)64-59-34-14-8-28-53(59)54-29-9-15-35-60(54)64/h1-41H. The first-order chi connectivity index (χ1) is 31.8. The summed E-state index contributed by atoms with van der Waals surface area (Å²) in [6, 6.07) is 91.3. The van der Waals surface area contributed by atoms with Crippen LogP contribution in [0.5, 0.6) is 0 Å². The lowest BCUT2D eigenvalue weighted by Gasteiger charge is -2.34. The third-order valence-corrected chi connectivity index (χ3v) is 13.6. The highest BCUT2D eigenvalue weighted by molar-refractivity contribution is 6.10. The Kier molecular flexibility index (Phi) is 8.13. The summed E-state index contributed by atoms with van der Waals surface area (Å²) in [7, 11) is 0. The average Bonchev–Trinajstić information content (AvgIpc) is 4.00. The summed E-state index contributed by atoms with van der Waals surface area (Å²) in [4.78, 5) is 2.42. The van der Waals surface area contributed by atoms with Gasteiger partial charge in [0.05, 0.1) is 27.5 Å². The maximum atomic E-state index is 2.42. The monoisotopic (exact) mass is 815 g/mol. The van der Waals surface area contributed by atoms with Gasteiger partial charge in [-0.25, -0.2) is 0 Å². The van der Waals surface area contributed by atoms with Gasteiger partial charge >= 0.3 is 0 Å². The lowest BCUT2D eigenvalue weighted by molar-refractivity contribution is 0.768. The van der Waals surface area contributed by atoms with Crippen molar-refractivity contribution < 1.29 is 0 Å². The fraction of sp³-hybridized carbons (Fsp3) is 0.0164. The maximum Gasteiger partial charge on any atom is 0.0713 e. The molecular weight excluding hydrogens is 775 g/mol. The molecule has 3 heteroatoms. The van der Waals surface area contributed by atoms with Crippen molar-refractivity contribution in [2.24, 2.45) is 0 Å². The van der Waals surface area contributed by atoms with E-state index < -0.39 is 5.41 Å². The van der Waals surface area contributed by atoms with Crippen molar-refractivity contribution in [3.63, 3.8) is 0 Å². The summed E-state index contributed by atoms with van der Waals surface area (Å²) in [6.45, 7) is 0. The van der Waals surface area contributed by atoms with Crippen LogP contribution in [0.1, 0.15) is 22.3 Å². The van der Waals surface area contributed by atoms with E-state index in [0.717, 1.165) is 28.4 Å². The Morgan fingerprint density at radius 2 is 0.656 bits per heavy atom. The smallest absolute Gasteiger partial charge is 0.0713 e. The number of benzene rings is 10. The molecule has 0 bridgehead atoms. The molecule has 12 aromatic rings. The highest BCUT2D eigenvalue weighted by Gasteiger charge is 2.45. The molecule has 0 saturated carbocycles. The number of hydrogen-bond donors (Lipinski definition) is 0. The molecule has 0 radical (unpaired) electrons. The third-order valence-electron chi connectivity index (χ3n) is 13.6. The Labute approximate surface area is 372 Å². The minimum Gasteiger partial charge on any atom is -0.310 e. The molecule has 64 heavy (non-hydrogen) atoms. The predicted molar refractivity (Wildman–Crippen MR) is 267 cm³/mol. The number of nitrogens with zero attached hydrogens (tertiary/aromatic N) is 3. The van der Waals surface area contributed by atoms with Crippen LogP contribution < -0.4 is 4.90 Å². The summed E-state index contributed by atoms with van der Waals surface area (Å²) in [5, 5.41) is 4.99. The van der Waals surface area contributed by atoms with Crippen molar-refractivity contribution in [1.29, 1.82) is 0 Å². The Balaban J connectivity index is 1.03. The van der Waals surface area contributed by atoms with Crippen molar-refractivity contribution >= 4 is 60.7 Å². The van der Waals surface area contributed by atoms with Crippen molar-refractivity contribution in [2.75, 3.05) is 4.90 Å². The van der Waals surface area contributed by atoms with Gasteiger partial charge in [-0.15, -0.1) is 0 Å². The van der Waals surface area contributed by atoms with E-state index in [9.17, 15) is 0 Å². The molecule has 2 aromatic heterocycles. The number of para-hydroxylation sites is 4. The summed E-state index contributed by atoms with van der Waals surface area (Å²) in [5.41, 5.74) is 17.4. The van der Waals surface area contributed by atoms with Gasteiger partial charge in [-0.05, 0) is 106 Å². The van der Waals surface area contributed by atoms with Gasteiger partial charge in [0.15, 0.2) is 0 Å². The molecule has 0 unspecified atom stereocenters. The van der Waals surface area contributed by atoms with Gasteiger partial charge in [0.1, 0.15) is 0 Å². The molecule has 10 aromatic carbocycles. The molecule has 1 aliphatic carbocycles. The SMILES string of the molecule is c1ccc(C2(c3ccc(N(c4cccc(-n5c6ccccc6c6ccccc65)c4)c4cccc(-n5c6ccccc6c6ccccc65)c4)cc3)c3ccccc3-c3ccccc32)cc1. The van der Waals surface area contributed by atoms with Crippen LogP contribution in [0.3, 0.4) is 0 Å². The topological polar surface area (TPSA) is 13.1 Å². The van der Waals surface area contributed by atoms with E-state index in [0.29, 0.717) is 0 Å². The molecule has 0 saturated heterocycles. The van der Waals surface area contributed by atoms with Crippen LogP contribution in [-0.2, 0) is 5.41 Å². The lowest BCUT2D eigenvalue weighted by Crippen LogP contribution is -2.28. The molecule has 1 aliphatic rings. The zero-order chi connectivity index (χ0) is 42.2. The van der Waals surface area contributed by atoms with Gasteiger partial charge in [-0.3, -0.25) is 0 Å². The minimum atomic E-state index is -0.481. The summed E-state index contributed by atoms with van der Waals surface area (Å²) >= 11 is 0. The molecule has 13 rings (SSSR count). The predicted octanol–water partition coefficient (Wildman–Crippen LogP) is 15.7. The van der Waals surface area contributed by atoms with Crippen molar-refractivity contribution in [1.82, 2.24) is 9.13 Å². The van der Waals surface area contributed by atoms with Gasteiger partial charge in [-0.2, -0.15) is 0 Å². The van der Waals surface area contributed by atoms with Crippen molar-refractivity contribution in [2.45, 2.75) is 5.41 Å². The van der Waals surface area contributed by atoms with E-state index >= 15 is 0 Å². The van der Waals surface area contributed by atoms with Crippen molar-refractivity contribution in [3.8, 4) is 22.5 Å². The van der Waals surface area contributed by atoms with Crippen LogP contribution in [0.15, 0.2) is 249 Å². The second-order valence-corrected chi connectivity index (χ2v) is 16.9. The van der Waals surface area contributed by atoms with E-state index in [1.807, 2.05) is 0 Å². The number of fused-ring (bicyclic) bond motifs is 9. The Morgan fingerprint density at radius 3 is 1.11 bits per heavy atom. The highest BCUT2D eigenvalue weighted by atomic mass is 15.1.